The van der Waals surface area contributed by atoms with Crippen LogP contribution in [0.15, 0.2) is 24.3 Å². The van der Waals surface area contributed by atoms with Gasteiger partial charge in [-0.05, 0) is 25.0 Å². The number of hydrogen-bond acceptors (Lipinski definition) is 6. The van der Waals surface area contributed by atoms with Crippen molar-refractivity contribution in [2.24, 2.45) is 0 Å². The summed E-state index contributed by atoms with van der Waals surface area (Å²) >= 11 is 1.43. The van der Waals surface area contributed by atoms with Crippen molar-refractivity contribution in [1.29, 1.82) is 0 Å². The molecule has 6 heteroatoms. The lowest BCUT2D eigenvalue weighted by Crippen LogP contribution is -2.04. The van der Waals surface area contributed by atoms with E-state index in [0.29, 0.717) is 17.4 Å². The molecule has 0 saturated carbocycles. The lowest BCUT2D eigenvalue weighted by Gasteiger charge is -2.09. The van der Waals surface area contributed by atoms with Crippen LogP contribution in [0.2, 0.25) is 0 Å². The molecule has 0 aliphatic rings. The molecule has 5 nitrogen and oxygen atoms in total. The SMILES string of the molecule is COCCc1ccccc1Nc1nc(C(=O)OC)c(C)s1. The van der Waals surface area contributed by atoms with Crippen molar-refractivity contribution < 1.29 is 14.3 Å². The molecule has 0 atom stereocenters. The second kappa shape index (κ2) is 7.19. The Morgan fingerprint density at radius 2 is 2.10 bits per heavy atom. The highest BCUT2D eigenvalue weighted by atomic mass is 32.1. The lowest BCUT2D eigenvalue weighted by molar-refractivity contribution is 0.0594. The second-order valence-corrected chi connectivity index (χ2v) is 5.64. The number of thiazole rings is 1. The van der Waals surface area contributed by atoms with E-state index in [1.807, 2.05) is 31.2 Å². The molecule has 0 unspecified atom stereocenters. The molecule has 1 aromatic carbocycles. The molecule has 0 radical (unpaired) electrons. The highest BCUT2D eigenvalue weighted by Gasteiger charge is 2.16. The number of ether oxygens (including phenoxy) is 2. The average Bonchev–Trinajstić information content (AvgIpc) is 2.86. The molecule has 2 aromatic rings. The molecule has 0 amide bonds. The summed E-state index contributed by atoms with van der Waals surface area (Å²) < 4.78 is 9.84. The zero-order chi connectivity index (χ0) is 15.2. The van der Waals surface area contributed by atoms with Gasteiger partial charge in [0.2, 0.25) is 0 Å². The molecule has 0 bridgehead atoms. The summed E-state index contributed by atoms with van der Waals surface area (Å²) in [6, 6.07) is 7.98. The zero-order valence-electron chi connectivity index (χ0n) is 12.3. The van der Waals surface area contributed by atoms with E-state index in [0.717, 1.165) is 22.5 Å². The summed E-state index contributed by atoms with van der Waals surface area (Å²) in [6.45, 7) is 2.51. The fourth-order valence-electron chi connectivity index (χ4n) is 1.92. The smallest absolute Gasteiger partial charge is 0.357 e. The number of anilines is 2. The third-order valence-electron chi connectivity index (χ3n) is 3.01. The minimum absolute atomic E-state index is 0.361. The maximum atomic E-state index is 11.6. The Balaban J connectivity index is 2.20. The maximum Gasteiger partial charge on any atom is 0.357 e. The van der Waals surface area contributed by atoms with Crippen LogP contribution in [0.1, 0.15) is 20.9 Å². The number of carbonyl (C=O) groups is 1. The Hall–Kier alpha value is -1.92. The summed E-state index contributed by atoms with van der Waals surface area (Å²) in [5.41, 5.74) is 2.48. The van der Waals surface area contributed by atoms with Gasteiger partial charge in [-0.25, -0.2) is 9.78 Å². The molecule has 0 aliphatic heterocycles. The summed E-state index contributed by atoms with van der Waals surface area (Å²) in [6.07, 6.45) is 0.813. The van der Waals surface area contributed by atoms with Crippen molar-refractivity contribution in [3.63, 3.8) is 0 Å². The second-order valence-electron chi connectivity index (χ2n) is 4.44. The Kier molecular flexibility index (Phi) is 5.30. The monoisotopic (exact) mass is 306 g/mol. The van der Waals surface area contributed by atoms with Crippen LogP contribution in [0.4, 0.5) is 10.8 Å². The van der Waals surface area contributed by atoms with Crippen molar-refractivity contribution in [2.45, 2.75) is 13.3 Å². The van der Waals surface area contributed by atoms with Gasteiger partial charge in [-0.3, -0.25) is 0 Å². The van der Waals surface area contributed by atoms with E-state index in [9.17, 15) is 4.79 Å². The predicted octanol–water partition coefficient (Wildman–Crippen LogP) is 3.17. The van der Waals surface area contributed by atoms with E-state index in [4.69, 9.17) is 9.47 Å². The van der Waals surface area contributed by atoms with E-state index in [1.165, 1.54) is 18.4 Å². The Bertz CT molecular complexity index is 625. The molecule has 2 rings (SSSR count). The predicted molar refractivity (Wildman–Crippen MR) is 83.5 cm³/mol. The van der Waals surface area contributed by atoms with Crippen molar-refractivity contribution in [2.75, 3.05) is 26.1 Å². The first-order valence-electron chi connectivity index (χ1n) is 6.55. The van der Waals surface area contributed by atoms with Gasteiger partial charge in [0.15, 0.2) is 10.8 Å². The zero-order valence-corrected chi connectivity index (χ0v) is 13.1. The number of aryl methyl sites for hydroxylation is 1. The molecule has 1 N–H and O–H groups in total. The first kappa shape index (κ1) is 15.5. The number of esters is 1. The van der Waals surface area contributed by atoms with Gasteiger partial charge in [-0.2, -0.15) is 0 Å². The number of nitrogens with zero attached hydrogens (tertiary/aromatic N) is 1. The van der Waals surface area contributed by atoms with Crippen LogP contribution >= 0.6 is 11.3 Å². The number of nitrogens with one attached hydrogen (secondary N) is 1. The fourth-order valence-corrected chi connectivity index (χ4v) is 2.74. The summed E-state index contributed by atoms with van der Waals surface area (Å²) in [5.74, 6) is -0.413. The molecular weight excluding hydrogens is 288 g/mol. The minimum Gasteiger partial charge on any atom is -0.464 e. The molecular formula is C15H18N2O3S. The van der Waals surface area contributed by atoms with Gasteiger partial charge in [-0.15, -0.1) is 11.3 Å². The minimum atomic E-state index is -0.413. The molecule has 1 heterocycles. The highest BCUT2D eigenvalue weighted by molar-refractivity contribution is 7.15. The quantitative estimate of drug-likeness (QED) is 0.831. The topological polar surface area (TPSA) is 60.5 Å². The molecule has 0 saturated heterocycles. The first-order valence-corrected chi connectivity index (χ1v) is 7.37. The van der Waals surface area contributed by atoms with Gasteiger partial charge >= 0.3 is 5.97 Å². The highest BCUT2D eigenvalue weighted by Crippen LogP contribution is 2.27. The molecule has 1 aromatic heterocycles. The Morgan fingerprint density at radius 1 is 1.33 bits per heavy atom. The maximum absolute atomic E-state index is 11.6. The third kappa shape index (κ3) is 3.80. The first-order chi connectivity index (χ1) is 10.2. The summed E-state index contributed by atoms with van der Waals surface area (Å²) in [7, 11) is 3.04. The van der Waals surface area contributed by atoms with Crippen LogP contribution in [0.5, 0.6) is 0 Å². The standard InChI is InChI=1S/C15H18N2O3S/c1-10-13(14(18)20-3)17-15(21-10)16-12-7-5-4-6-11(12)8-9-19-2/h4-7H,8-9H2,1-3H3,(H,16,17). The van der Waals surface area contributed by atoms with E-state index in [1.54, 1.807) is 7.11 Å². The van der Waals surface area contributed by atoms with Crippen molar-refractivity contribution >= 4 is 28.1 Å². The van der Waals surface area contributed by atoms with Gasteiger partial charge in [0.25, 0.3) is 0 Å². The number of para-hydroxylation sites is 1. The van der Waals surface area contributed by atoms with Gasteiger partial charge in [-0.1, -0.05) is 18.2 Å². The van der Waals surface area contributed by atoms with Gasteiger partial charge in [0.1, 0.15) is 0 Å². The Morgan fingerprint density at radius 3 is 2.81 bits per heavy atom. The van der Waals surface area contributed by atoms with Crippen molar-refractivity contribution in [3.05, 3.63) is 40.4 Å². The largest absolute Gasteiger partial charge is 0.464 e. The van der Waals surface area contributed by atoms with Crippen molar-refractivity contribution in [1.82, 2.24) is 4.98 Å². The number of aromatic nitrogens is 1. The molecule has 0 fully saturated rings. The van der Waals surface area contributed by atoms with Crippen LogP contribution < -0.4 is 5.32 Å². The number of rotatable bonds is 6. The Labute approximate surface area is 127 Å². The molecule has 21 heavy (non-hydrogen) atoms. The molecule has 0 aliphatic carbocycles. The lowest BCUT2D eigenvalue weighted by atomic mass is 10.1. The van der Waals surface area contributed by atoms with Crippen LogP contribution in [0.25, 0.3) is 0 Å². The van der Waals surface area contributed by atoms with Gasteiger partial charge in [0.05, 0.1) is 13.7 Å². The van der Waals surface area contributed by atoms with Crippen LogP contribution in [0.3, 0.4) is 0 Å². The number of carbonyl (C=O) groups excluding carboxylic acids is 1. The number of hydrogen-bond donors (Lipinski definition) is 1. The van der Waals surface area contributed by atoms with Crippen LogP contribution in [0, 0.1) is 6.92 Å². The number of methoxy groups -OCH3 is 2. The fraction of sp³-hybridized carbons (Fsp3) is 0.333. The van der Waals surface area contributed by atoms with Gasteiger partial charge < -0.3 is 14.8 Å². The van der Waals surface area contributed by atoms with E-state index in [-0.39, 0.29) is 0 Å². The summed E-state index contributed by atoms with van der Waals surface area (Å²) in [5, 5.41) is 3.94. The van der Waals surface area contributed by atoms with E-state index < -0.39 is 5.97 Å². The normalized spacial score (nSPS) is 10.4. The molecule has 0 spiro atoms. The van der Waals surface area contributed by atoms with E-state index in [2.05, 4.69) is 10.3 Å². The van der Waals surface area contributed by atoms with Crippen LogP contribution in [-0.2, 0) is 15.9 Å². The van der Waals surface area contributed by atoms with Crippen molar-refractivity contribution in [3.8, 4) is 0 Å². The van der Waals surface area contributed by atoms with Crippen LogP contribution in [-0.4, -0.2) is 31.8 Å². The average molecular weight is 306 g/mol. The number of benzene rings is 1. The summed E-state index contributed by atoms with van der Waals surface area (Å²) in [4.78, 5) is 16.7. The van der Waals surface area contributed by atoms with E-state index >= 15 is 0 Å². The van der Waals surface area contributed by atoms with Gasteiger partial charge in [0, 0.05) is 17.7 Å². The molecule has 112 valence electrons. The third-order valence-corrected chi connectivity index (χ3v) is 3.90.